The number of anilines is 1. The summed E-state index contributed by atoms with van der Waals surface area (Å²) in [7, 11) is -2.99. The number of benzene rings is 1. The van der Waals surface area contributed by atoms with E-state index in [2.05, 4.69) is 51.8 Å². The Labute approximate surface area is 233 Å². The van der Waals surface area contributed by atoms with Crippen LogP contribution in [0.25, 0.3) is 16.7 Å². The van der Waals surface area contributed by atoms with E-state index in [9.17, 15) is 13.5 Å². The lowest BCUT2D eigenvalue weighted by Gasteiger charge is -2.38. The molecule has 1 saturated heterocycles. The maximum atomic E-state index is 12.0. The van der Waals surface area contributed by atoms with Gasteiger partial charge in [-0.3, -0.25) is 0 Å². The molecule has 1 aliphatic heterocycles. The predicted octanol–water partition coefficient (Wildman–Crippen LogP) is 5.58. The minimum absolute atomic E-state index is 0.236. The van der Waals surface area contributed by atoms with Crippen molar-refractivity contribution >= 4 is 26.4 Å². The molecule has 0 bridgehead atoms. The summed E-state index contributed by atoms with van der Waals surface area (Å²) in [5.41, 5.74) is 1.66. The second-order valence-electron chi connectivity index (χ2n) is 12.4. The second kappa shape index (κ2) is 11.2. The normalized spacial score (nSPS) is 22.3. The number of hydrogen-bond donors (Lipinski definition) is 1. The molecule has 0 amide bonds. The summed E-state index contributed by atoms with van der Waals surface area (Å²) < 4.78 is 26.2. The van der Waals surface area contributed by atoms with Crippen molar-refractivity contribution < 1.29 is 13.5 Å². The molecule has 212 valence electrons. The molecule has 3 aromatic rings. The third kappa shape index (κ3) is 6.17. The largest absolute Gasteiger partial charge is 0.390 e. The molecular weight excluding hydrogens is 508 g/mol. The lowest BCUT2D eigenvalue weighted by atomic mass is 9.70. The van der Waals surface area contributed by atoms with E-state index in [1.165, 1.54) is 19.1 Å². The van der Waals surface area contributed by atoms with Crippen molar-refractivity contribution in [1.29, 1.82) is 0 Å². The standard InChI is InChI=1S/C31H44N4O3S/c1-5-22(23-9-11-24(12-10-23)31(2,3)36)21-29-32-17-13-30(33-29)35-20-16-26-27(7-6-8-28(26)35)34-18-14-25(15-19-34)39(4,37)38/h6-8,13,16-17,20,22-25,36H,5,9-12,14-15,18-19,21H2,1-4H3. The van der Waals surface area contributed by atoms with Crippen LogP contribution in [0.2, 0.25) is 0 Å². The van der Waals surface area contributed by atoms with Gasteiger partial charge in [-0.05, 0) is 94.4 Å². The van der Waals surface area contributed by atoms with Crippen LogP contribution in [0.15, 0.2) is 42.7 Å². The quantitative estimate of drug-likeness (QED) is 0.393. The van der Waals surface area contributed by atoms with Gasteiger partial charge in [0.25, 0.3) is 0 Å². The van der Waals surface area contributed by atoms with Crippen LogP contribution in [-0.4, -0.2) is 58.3 Å². The van der Waals surface area contributed by atoms with Gasteiger partial charge in [0.05, 0.1) is 16.4 Å². The lowest BCUT2D eigenvalue weighted by Crippen LogP contribution is -2.39. The first kappa shape index (κ1) is 28.1. The van der Waals surface area contributed by atoms with Crippen molar-refractivity contribution in [3.8, 4) is 5.82 Å². The van der Waals surface area contributed by atoms with Crippen LogP contribution in [0.1, 0.15) is 71.5 Å². The Hall–Kier alpha value is -2.45. The maximum Gasteiger partial charge on any atom is 0.150 e. The molecule has 1 aromatic carbocycles. The number of nitrogens with zero attached hydrogens (tertiary/aromatic N) is 4. The van der Waals surface area contributed by atoms with Crippen LogP contribution >= 0.6 is 0 Å². The van der Waals surface area contributed by atoms with Crippen LogP contribution < -0.4 is 4.90 Å². The fourth-order valence-corrected chi connectivity index (χ4v) is 8.02. The van der Waals surface area contributed by atoms with Gasteiger partial charge in [-0.15, -0.1) is 0 Å². The minimum atomic E-state index is -2.99. The van der Waals surface area contributed by atoms with E-state index in [-0.39, 0.29) is 5.25 Å². The average molecular weight is 553 g/mol. The molecule has 1 saturated carbocycles. The van der Waals surface area contributed by atoms with Crippen molar-refractivity contribution in [3.63, 3.8) is 0 Å². The summed E-state index contributed by atoms with van der Waals surface area (Å²) in [4.78, 5) is 12.0. The van der Waals surface area contributed by atoms with Gasteiger partial charge in [0.1, 0.15) is 21.5 Å². The Morgan fingerprint density at radius 3 is 2.41 bits per heavy atom. The van der Waals surface area contributed by atoms with Crippen LogP contribution in [0.4, 0.5) is 5.69 Å². The summed E-state index contributed by atoms with van der Waals surface area (Å²) in [5, 5.41) is 11.4. The minimum Gasteiger partial charge on any atom is -0.390 e. The third-order valence-corrected chi connectivity index (χ3v) is 11.1. The van der Waals surface area contributed by atoms with E-state index in [0.717, 1.165) is 67.0 Å². The Kier molecular flexibility index (Phi) is 8.07. The van der Waals surface area contributed by atoms with Gasteiger partial charge in [-0.1, -0.05) is 19.4 Å². The highest BCUT2D eigenvalue weighted by Gasteiger charge is 2.34. The number of aromatic nitrogens is 3. The molecule has 0 spiro atoms. The number of fused-ring (bicyclic) bond motifs is 1. The van der Waals surface area contributed by atoms with E-state index in [1.54, 1.807) is 0 Å². The molecular formula is C31H44N4O3S. The number of aliphatic hydroxyl groups is 1. The lowest BCUT2D eigenvalue weighted by molar-refractivity contribution is -0.0105. The summed E-state index contributed by atoms with van der Waals surface area (Å²) >= 11 is 0. The first-order chi connectivity index (χ1) is 18.5. The Bertz CT molecular complexity index is 1380. The molecule has 1 N–H and O–H groups in total. The Morgan fingerprint density at radius 2 is 1.77 bits per heavy atom. The van der Waals surface area contributed by atoms with Gasteiger partial charge in [-0.2, -0.15) is 0 Å². The number of rotatable bonds is 8. The van der Waals surface area contributed by atoms with E-state index < -0.39 is 15.4 Å². The highest BCUT2D eigenvalue weighted by atomic mass is 32.2. The van der Waals surface area contributed by atoms with Crippen molar-refractivity contribution in [2.75, 3.05) is 24.2 Å². The molecule has 2 aromatic heterocycles. The fourth-order valence-electron chi connectivity index (χ4n) is 6.95. The van der Waals surface area contributed by atoms with Crippen LogP contribution in [-0.2, 0) is 16.3 Å². The molecule has 3 heterocycles. The zero-order valence-corrected chi connectivity index (χ0v) is 24.7. The molecule has 2 aliphatic rings. The molecule has 5 rings (SSSR count). The smallest absolute Gasteiger partial charge is 0.150 e. The number of hydrogen-bond acceptors (Lipinski definition) is 6. The summed E-state index contributed by atoms with van der Waals surface area (Å²) in [6.07, 6.45) is 13.2. The van der Waals surface area contributed by atoms with Crippen LogP contribution in [0, 0.1) is 17.8 Å². The van der Waals surface area contributed by atoms with E-state index in [0.29, 0.717) is 30.6 Å². The highest BCUT2D eigenvalue weighted by molar-refractivity contribution is 7.91. The topological polar surface area (TPSA) is 88.3 Å². The van der Waals surface area contributed by atoms with E-state index >= 15 is 0 Å². The Morgan fingerprint density at radius 1 is 1.05 bits per heavy atom. The molecule has 0 radical (unpaired) electrons. The van der Waals surface area contributed by atoms with Gasteiger partial charge in [-0.25, -0.2) is 18.4 Å². The first-order valence-electron chi connectivity index (χ1n) is 14.6. The van der Waals surface area contributed by atoms with Gasteiger partial charge in [0.2, 0.25) is 0 Å². The van der Waals surface area contributed by atoms with Crippen molar-refractivity contribution in [3.05, 3.63) is 48.5 Å². The van der Waals surface area contributed by atoms with Crippen molar-refractivity contribution in [1.82, 2.24) is 14.5 Å². The summed E-state index contributed by atoms with van der Waals surface area (Å²) in [5.74, 6) is 3.37. The fraction of sp³-hybridized carbons (Fsp3) is 0.613. The van der Waals surface area contributed by atoms with Gasteiger partial charge in [0.15, 0.2) is 0 Å². The Balaban J connectivity index is 1.32. The summed E-state index contributed by atoms with van der Waals surface area (Å²) in [6.45, 7) is 7.66. The predicted molar refractivity (Wildman–Crippen MR) is 158 cm³/mol. The zero-order valence-electron chi connectivity index (χ0n) is 23.9. The second-order valence-corrected chi connectivity index (χ2v) is 14.7. The van der Waals surface area contributed by atoms with Crippen molar-refractivity contribution in [2.24, 2.45) is 17.8 Å². The van der Waals surface area contributed by atoms with Crippen LogP contribution in [0.3, 0.4) is 0 Å². The van der Waals surface area contributed by atoms with E-state index in [1.807, 2.05) is 26.1 Å². The number of piperidine rings is 1. The molecule has 1 atom stereocenters. The molecule has 1 aliphatic carbocycles. The molecule has 39 heavy (non-hydrogen) atoms. The monoisotopic (exact) mass is 552 g/mol. The highest BCUT2D eigenvalue weighted by Crippen LogP contribution is 2.40. The van der Waals surface area contributed by atoms with Crippen molar-refractivity contribution in [2.45, 2.75) is 83.0 Å². The summed E-state index contributed by atoms with van der Waals surface area (Å²) in [6, 6.07) is 10.5. The average Bonchev–Trinajstić information content (AvgIpc) is 3.36. The maximum absolute atomic E-state index is 12.0. The van der Waals surface area contributed by atoms with E-state index in [4.69, 9.17) is 4.98 Å². The SMILES string of the molecule is CCC(Cc1nccc(-n2ccc3c(N4CCC(S(C)(=O)=O)CC4)cccc32)n1)C1CCC(C(C)(C)O)CC1. The third-order valence-electron chi connectivity index (χ3n) is 9.44. The molecule has 7 nitrogen and oxygen atoms in total. The van der Waals surface area contributed by atoms with Gasteiger partial charge < -0.3 is 14.6 Å². The number of sulfone groups is 1. The molecule has 2 fully saturated rings. The van der Waals surface area contributed by atoms with Gasteiger partial charge >= 0.3 is 0 Å². The van der Waals surface area contributed by atoms with Gasteiger partial charge in [0, 0.05) is 49.2 Å². The van der Waals surface area contributed by atoms with Crippen LogP contribution in [0.5, 0.6) is 0 Å². The zero-order chi connectivity index (χ0) is 27.8. The molecule has 1 unspecified atom stereocenters. The first-order valence-corrected chi connectivity index (χ1v) is 16.6. The molecule has 8 heteroatoms.